The second kappa shape index (κ2) is 6.60. The molecule has 0 saturated heterocycles. The maximum Gasteiger partial charge on any atom is 0.244 e. The number of hydrogen-bond acceptors (Lipinski definition) is 3. The predicted octanol–water partition coefficient (Wildman–Crippen LogP) is 2.65. The fourth-order valence-electron chi connectivity index (χ4n) is 2.68. The molecule has 1 N–H and O–H groups in total. The molecule has 1 aliphatic carbocycles. The Hall–Kier alpha value is -0.690. The Kier molecular flexibility index (Phi) is 5.24. The van der Waals surface area contributed by atoms with Crippen molar-refractivity contribution in [3.63, 3.8) is 0 Å². The van der Waals surface area contributed by atoms with Gasteiger partial charge in [-0.1, -0.05) is 24.4 Å². The third-order valence-corrected chi connectivity index (χ3v) is 6.25. The largest absolute Gasteiger partial charge is 0.393 e. The smallest absolute Gasteiger partial charge is 0.244 e. The van der Waals surface area contributed by atoms with E-state index >= 15 is 0 Å². The molecule has 1 aromatic rings. The van der Waals surface area contributed by atoms with Crippen molar-refractivity contribution in [2.45, 2.75) is 36.7 Å². The van der Waals surface area contributed by atoms with Crippen LogP contribution in [0.25, 0.3) is 0 Å². The van der Waals surface area contributed by atoms with Crippen LogP contribution in [-0.2, 0) is 10.0 Å². The van der Waals surface area contributed by atoms with Crippen LogP contribution in [0.1, 0.15) is 25.7 Å². The Morgan fingerprint density at radius 3 is 2.67 bits per heavy atom. The first-order valence-electron chi connectivity index (χ1n) is 6.92. The monoisotopic (exact) mass is 335 g/mol. The van der Waals surface area contributed by atoms with Crippen LogP contribution in [0.15, 0.2) is 23.1 Å². The van der Waals surface area contributed by atoms with Crippen molar-refractivity contribution in [2.24, 2.45) is 5.92 Å². The Morgan fingerprint density at radius 1 is 1.38 bits per heavy atom. The summed E-state index contributed by atoms with van der Waals surface area (Å²) in [6, 6.07) is 3.22. The van der Waals surface area contributed by atoms with E-state index < -0.39 is 21.9 Å². The van der Waals surface area contributed by atoms with E-state index in [0.717, 1.165) is 31.4 Å². The molecule has 1 aliphatic rings. The fourth-order valence-corrected chi connectivity index (χ4v) is 4.41. The van der Waals surface area contributed by atoms with Gasteiger partial charge in [0.1, 0.15) is 10.7 Å². The maximum atomic E-state index is 13.0. The molecule has 1 fully saturated rings. The highest BCUT2D eigenvalue weighted by Crippen LogP contribution is 2.29. The van der Waals surface area contributed by atoms with Crippen LogP contribution in [0.2, 0.25) is 5.02 Å². The number of halogens is 2. The number of rotatable bonds is 4. The first kappa shape index (κ1) is 16.7. The lowest BCUT2D eigenvalue weighted by molar-refractivity contribution is 0.0620. The van der Waals surface area contributed by atoms with Crippen LogP contribution >= 0.6 is 11.6 Å². The molecule has 7 heteroatoms. The number of hydrogen-bond donors (Lipinski definition) is 1. The van der Waals surface area contributed by atoms with Gasteiger partial charge in [0.15, 0.2) is 0 Å². The Morgan fingerprint density at radius 2 is 2.05 bits per heavy atom. The molecule has 0 aromatic heterocycles. The van der Waals surface area contributed by atoms with Gasteiger partial charge in [-0.25, -0.2) is 17.1 Å². The molecule has 4 nitrogen and oxygen atoms in total. The zero-order valence-electron chi connectivity index (χ0n) is 11.8. The number of sulfonamides is 1. The molecule has 2 rings (SSSR count). The molecule has 0 radical (unpaired) electrons. The van der Waals surface area contributed by atoms with Gasteiger partial charge in [-0.2, -0.15) is 0 Å². The van der Waals surface area contributed by atoms with Gasteiger partial charge in [0.05, 0.1) is 11.1 Å². The van der Waals surface area contributed by atoms with E-state index in [9.17, 15) is 17.9 Å². The summed E-state index contributed by atoms with van der Waals surface area (Å²) in [7, 11) is -2.33. The lowest BCUT2D eigenvalue weighted by atomic mass is 9.86. The highest BCUT2D eigenvalue weighted by molar-refractivity contribution is 7.89. The van der Waals surface area contributed by atoms with Crippen molar-refractivity contribution in [2.75, 3.05) is 13.6 Å². The number of aliphatic hydroxyl groups is 1. The minimum Gasteiger partial charge on any atom is -0.393 e. The van der Waals surface area contributed by atoms with Gasteiger partial charge in [0.2, 0.25) is 10.0 Å². The minimum absolute atomic E-state index is 0.0715. The minimum atomic E-state index is -3.79. The molecule has 1 saturated carbocycles. The molecule has 0 spiro atoms. The van der Waals surface area contributed by atoms with Crippen LogP contribution in [0, 0.1) is 11.7 Å². The molecule has 2 unspecified atom stereocenters. The maximum absolute atomic E-state index is 13.0. The molecule has 0 bridgehead atoms. The Labute approximate surface area is 129 Å². The van der Waals surface area contributed by atoms with Crippen molar-refractivity contribution in [3.8, 4) is 0 Å². The summed E-state index contributed by atoms with van der Waals surface area (Å²) >= 11 is 5.83. The van der Waals surface area contributed by atoms with E-state index in [-0.39, 0.29) is 22.4 Å². The van der Waals surface area contributed by atoms with Gasteiger partial charge in [0.25, 0.3) is 0 Å². The SMILES string of the molecule is CN(CC1CCCCC1O)S(=O)(=O)c1ccc(F)cc1Cl. The van der Waals surface area contributed by atoms with Crippen molar-refractivity contribution in [3.05, 3.63) is 29.0 Å². The summed E-state index contributed by atoms with van der Waals surface area (Å²) < 4.78 is 39.2. The molecule has 0 aliphatic heterocycles. The molecule has 2 atom stereocenters. The summed E-state index contributed by atoms with van der Waals surface area (Å²) in [5, 5.41) is 9.81. The van der Waals surface area contributed by atoms with E-state index in [0.29, 0.717) is 6.42 Å². The van der Waals surface area contributed by atoms with Crippen LogP contribution in [0.5, 0.6) is 0 Å². The van der Waals surface area contributed by atoms with E-state index in [1.807, 2.05) is 0 Å². The van der Waals surface area contributed by atoms with Gasteiger partial charge in [-0.15, -0.1) is 0 Å². The van der Waals surface area contributed by atoms with Crippen molar-refractivity contribution < 1.29 is 17.9 Å². The first-order chi connectivity index (χ1) is 9.82. The van der Waals surface area contributed by atoms with Gasteiger partial charge in [-0.05, 0) is 37.0 Å². The number of benzene rings is 1. The average Bonchev–Trinajstić information content (AvgIpc) is 2.40. The van der Waals surface area contributed by atoms with Gasteiger partial charge in [-0.3, -0.25) is 0 Å². The Balaban J connectivity index is 2.18. The molecule has 118 valence electrons. The van der Waals surface area contributed by atoms with Crippen LogP contribution in [-0.4, -0.2) is 37.5 Å². The third kappa shape index (κ3) is 3.74. The normalized spacial score (nSPS) is 23.5. The lowest BCUT2D eigenvalue weighted by Gasteiger charge is -2.30. The zero-order chi connectivity index (χ0) is 15.6. The van der Waals surface area contributed by atoms with Crippen LogP contribution < -0.4 is 0 Å². The summed E-state index contributed by atoms with van der Waals surface area (Å²) in [5.41, 5.74) is 0. The van der Waals surface area contributed by atoms with Gasteiger partial charge in [0, 0.05) is 13.6 Å². The average molecular weight is 336 g/mol. The van der Waals surface area contributed by atoms with Crippen molar-refractivity contribution >= 4 is 21.6 Å². The first-order valence-corrected chi connectivity index (χ1v) is 8.73. The summed E-state index contributed by atoms with van der Waals surface area (Å²) in [4.78, 5) is -0.113. The summed E-state index contributed by atoms with van der Waals surface area (Å²) in [6.45, 7) is 0.233. The zero-order valence-corrected chi connectivity index (χ0v) is 13.4. The predicted molar refractivity (Wildman–Crippen MR) is 79.2 cm³/mol. The number of nitrogens with zero attached hydrogens (tertiary/aromatic N) is 1. The van der Waals surface area contributed by atoms with E-state index in [1.165, 1.54) is 17.4 Å². The standard InChI is InChI=1S/C14H19ClFNO3S/c1-17(9-10-4-2-3-5-13(10)18)21(19,20)14-7-6-11(16)8-12(14)15/h6-8,10,13,18H,2-5,9H2,1H3. The highest BCUT2D eigenvalue weighted by atomic mass is 35.5. The van der Waals surface area contributed by atoms with Crippen LogP contribution in [0.4, 0.5) is 4.39 Å². The highest BCUT2D eigenvalue weighted by Gasteiger charge is 2.30. The van der Waals surface area contributed by atoms with Crippen molar-refractivity contribution in [1.82, 2.24) is 4.31 Å². The van der Waals surface area contributed by atoms with Gasteiger partial charge >= 0.3 is 0 Å². The molecule has 0 amide bonds. The summed E-state index contributed by atoms with van der Waals surface area (Å²) in [5.74, 6) is -0.651. The second-order valence-electron chi connectivity index (χ2n) is 5.47. The fraction of sp³-hybridized carbons (Fsp3) is 0.571. The molecular weight excluding hydrogens is 317 g/mol. The Bertz CT molecular complexity index is 608. The van der Waals surface area contributed by atoms with Gasteiger partial charge < -0.3 is 5.11 Å². The molecule has 1 aromatic carbocycles. The van der Waals surface area contributed by atoms with Crippen LogP contribution in [0.3, 0.4) is 0 Å². The van der Waals surface area contributed by atoms with E-state index in [2.05, 4.69) is 0 Å². The van der Waals surface area contributed by atoms with E-state index in [1.54, 1.807) is 0 Å². The molecule has 21 heavy (non-hydrogen) atoms. The van der Waals surface area contributed by atoms with Crippen molar-refractivity contribution in [1.29, 1.82) is 0 Å². The van der Waals surface area contributed by atoms with E-state index in [4.69, 9.17) is 11.6 Å². The lowest BCUT2D eigenvalue weighted by Crippen LogP contribution is -2.38. The molecular formula is C14H19ClFNO3S. The quantitative estimate of drug-likeness (QED) is 0.920. The third-order valence-electron chi connectivity index (χ3n) is 3.94. The summed E-state index contributed by atoms with van der Waals surface area (Å²) in [6.07, 6.45) is 3.00. The second-order valence-corrected chi connectivity index (χ2v) is 7.89. The number of aliphatic hydroxyl groups excluding tert-OH is 1. The molecule has 0 heterocycles. The topological polar surface area (TPSA) is 57.6 Å².